The van der Waals surface area contributed by atoms with Crippen molar-refractivity contribution >= 4 is 15.8 Å². The second-order valence-corrected chi connectivity index (χ2v) is 7.31. The van der Waals surface area contributed by atoms with Crippen LogP contribution in [0.3, 0.4) is 0 Å². The maximum Gasteiger partial charge on any atom is 0.191 e. The van der Waals surface area contributed by atoms with Crippen molar-refractivity contribution in [1.29, 1.82) is 0 Å². The van der Waals surface area contributed by atoms with Gasteiger partial charge in [-0.25, -0.2) is 12.8 Å². The van der Waals surface area contributed by atoms with Crippen LogP contribution >= 0.6 is 0 Å². The fraction of sp³-hybridized carbons (Fsp3) is 0.500. The second-order valence-electron chi connectivity index (χ2n) is 5.08. The summed E-state index contributed by atoms with van der Waals surface area (Å²) in [6.45, 7) is 0.528. The lowest BCUT2D eigenvalue weighted by Crippen LogP contribution is -2.44. The van der Waals surface area contributed by atoms with E-state index >= 15 is 0 Å². The molecule has 1 unspecified atom stereocenters. The molecule has 2 rings (SSSR count). The predicted octanol–water partition coefficient (Wildman–Crippen LogP) is 0.720. The first-order valence-electron chi connectivity index (χ1n) is 6.91. The minimum atomic E-state index is -2.91. The molecule has 1 aromatic carbocycles. The molecule has 0 aliphatic carbocycles. The highest BCUT2D eigenvalue weighted by Crippen LogP contribution is 2.11. The highest BCUT2D eigenvalue weighted by molar-refractivity contribution is 7.91. The number of aliphatic imine (C=N–C) groups is 1. The predicted molar refractivity (Wildman–Crippen MR) is 81.7 cm³/mol. The quantitative estimate of drug-likeness (QED) is 0.635. The van der Waals surface area contributed by atoms with Gasteiger partial charge in [-0.15, -0.1) is 0 Å². The number of guanidine groups is 1. The third kappa shape index (κ3) is 4.70. The fourth-order valence-corrected chi connectivity index (χ4v) is 3.99. The van der Waals surface area contributed by atoms with Crippen molar-refractivity contribution in [3.63, 3.8) is 0 Å². The highest BCUT2D eigenvalue weighted by Gasteiger charge is 2.28. The molecule has 5 nitrogen and oxygen atoms in total. The smallest absolute Gasteiger partial charge is 0.191 e. The molecule has 1 aromatic rings. The Labute approximate surface area is 124 Å². The lowest BCUT2D eigenvalue weighted by molar-refractivity contribution is 0.598. The lowest BCUT2D eigenvalue weighted by atomic mass is 10.1. The topological polar surface area (TPSA) is 70.6 Å². The molecule has 7 heteroatoms. The number of benzene rings is 1. The van der Waals surface area contributed by atoms with Crippen LogP contribution in [0.25, 0.3) is 0 Å². The number of rotatable bonds is 4. The van der Waals surface area contributed by atoms with Gasteiger partial charge in [0.05, 0.1) is 11.5 Å². The van der Waals surface area contributed by atoms with Gasteiger partial charge in [0.1, 0.15) is 5.82 Å². The maximum atomic E-state index is 13.5. The van der Waals surface area contributed by atoms with E-state index in [1.807, 2.05) is 0 Å². The van der Waals surface area contributed by atoms with E-state index in [4.69, 9.17) is 0 Å². The molecule has 0 radical (unpaired) electrons. The molecule has 1 aliphatic heterocycles. The van der Waals surface area contributed by atoms with Gasteiger partial charge >= 0.3 is 0 Å². The summed E-state index contributed by atoms with van der Waals surface area (Å²) in [4.78, 5) is 4.06. The van der Waals surface area contributed by atoms with Crippen LogP contribution in [0, 0.1) is 5.82 Å². The molecule has 1 fully saturated rings. The third-order valence-corrected chi connectivity index (χ3v) is 5.21. The first kappa shape index (κ1) is 15.8. The van der Waals surface area contributed by atoms with Gasteiger partial charge in [0.25, 0.3) is 0 Å². The van der Waals surface area contributed by atoms with E-state index in [0.717, 1.165) is 0 Å². The summed E-state index contributed by atoms with van der Waals surface area (Å²) in [5.41, 5.74) is 0.642. The Kier molecular flexibility index (Phi) is 5.17. The summed E-state index contributed by atoms with van der Waals surface area (Å²) in [5.74, 6) is 0.690. The molecular formula is C14H20FN3O2S. The molecule has 0 aromatic heterocycles. The summed E-state index contributed by atoms with van der Waals surface area (Å²) in [5, 5.41) is 6.16. The largest absolute Gasteiger partial charge is 0.356 e. The Morgan fingerprint density at radius 3 is 2.81 bits per heavy atom. The van der Waals surface area contributed by atoms with Gasteiger partial charge in [0.2, 0.25) is 0 Å². The highest BCUT2D eigenvalue weighted by atomic mass is 32.2. The van der Waals surface area contributed by atoms with E-state index in [1.54, 1.807) is 25.2 Å². The number of nitrogens with zero attached hydrogens (tertiary/aromatic N) is 1. The Morgan fingerprint density at radius 1 is 1.43 bits per heavy atom. The fourth-order valence-electron chi connectivity index (χ4n) is 2.31. The molecule has 0 saturated carbocycles. The summed E-state index contributed by atoms with van der Waals surface area (Å²) in [6, 6.07) is 6.54. The average molecular weight is 313 g/mol. The number of hydrogen-bond acceptors (Lipinski definition) is 3. The number of halogens is 1. The maximum absolute atomic E-state index is 13.5. The molecule has 0 spiro atoms. The van der Waals surface area contributed by atoms with Crippen LogP contribution in [0.4, 0.5) is 4.39 Å². The Bertz CT molecular complexity index is 616. The van der Waals surface area contributed by atoms with Crippen molar-refractivity contribution in [2.45, 2.75) is 18.9 Å². The lowest BCUT2D eigenvalue weighted by Gasteiger charge is -2.16. The van der Waals surface area contributed by atoms with Crippen molar-refractivity contribution < 1.29 is 12.8 Å². The Hall–Kier alpha value is -1.63. The Balaban J connectivity index is 1.80. The number of sulfone groups is 1. The van der Waals surface area contributed by atoms with Crippen LogP contribution in [-0.4, -0.2) is 45.5 Å². The molecule has 116 valence electrons. The van der Waals surface area contributed by atoms with Crippen molar-refractivity contribution in [2.24, 2.45) is 4.99 Å². The molecule has 1 atom stereocenters. The van der Waals surface area contributed by atoms with Gasteiger partial charge in [-0.2, -0.15) is 0 Å². The van der Waals surface area contributed by atoms with Crippen molar-refractivity contribution in [3.8, 4) is 0 Å². The van der Waals surface area contributed by atoms with Gasteiger partial charge in [-0.05, 0) is 24.5 Å². The number of hydrogen-bond donors (Lipinski definition) is 2. The van der Waals surface area contributed by atoms with Crippen molar-refractivity contribution in [1.82, 2.24) is 10.6 Å². The van der Waals surface area contributed by atoms with Crippen LogP contribution < -0.4 is 10.6 Å². The monoisotopic (exact) mass is 313 g/mol. The van der Waals surface area contributed by atoms with Gasteiger partial charge < -0.3 is 10.6 Å². The van der Waals surface area contributed by atoms with Crippen LogP contribution in [0.1, 0.15) is 12.0 Å². The Morgan fingerprint density at radius 2 is 2.19 bits per heavy atom. The second kappa shape index (κ2) is 6.89. The van der Waals surface area contributed by atoms with Gasteiger partial charge in [0.15, 0.2) is 15.8 Å². The molecule has 1 heterocycles. The third-order valence-electron chi connectivity index (χ3n) is 3.44. The zero-order chi connectivity index (χ0) is 15.3. The minimum absolute atomic E-state index is 0.102. The van der Waals surface area contributed by atoms with Crippen LogP contribution in [0.2, 0.25) is 0 Å². The van der Waals surface area contributed by atoms with Gasteiger partial charge in [-0.1, -0.05) is 18.2 Å². The van der Waals surface area contributed by atoms with E-state index in [2.05, 4.69) is 15.6 Å². The molecule has 1 aliphatic rings. The minimum Gasteiger partial charge on any atom is -0.356 e. The first-order chi connectivity index (χ1) is 10.00. The van der Waals surface area contributed by atoms with Crippen LogP contribution in [-0.2, 0) is 16.3 Å². The SMILES string of the molecule is CN=C(NCCc1ccccc1F)NC1CCS(=O)(=O)C1. The standard InChI is InChI=1S/C14H20FN3O2S/c1-16-14(18-12-7-9-21(19,20)10-12)17-8-6-11-4-2-3-5-13(11)15/h2-5,12H,6-10H2,1H3,(H2,16,17,18). The van der Waals surface area contributed by atoms with Gasteiger partial charge in [0, 0.05) is 19.6 Å². The van der Waals surface area contributed by atoms with Crippen molar-refractivity contribution in [2.75, 3.05) is 25.1 Å². The van der Waals surface area contributed by atoms with E-state index in [9.17, 15) is 12.8 Å². The van der Waals surface area contributed by atoms with E-state index in [1.165, 1.54) is 6.07 Å². The summed E-state index contributed by atoms with van der Waals surface area (Å²) in [7, 11) is -1.29. The molecule has 0 amide bonds. The molecule has 21 heavy (non-hydrogen) atoms. The zero-order valence-electron chi connectivity index (χ0n) is 12.0. The first-order valence-corrected chi connectivity index (χ1v) is 8.73. The van der Waals surface area contributed by atoms with Crippen molar-refractivity contribution in [3.05, 3.63) is 35.6 Å². The summed E-state index contributed by atoms with van der Waals surface area (Å²) < 4.78 is 36.3. The number of nitrogens with one attached hydrogen (secondary N) is 2. The zero-order valence-corrected chi connectivity index (χ0v) is 12.8. The normalized spacial score (nSPS) is 21.2. The van der Waals surface area contributed by atoms with E-state index < -0.39 is 9.84 Å². The van der Waals surface area contributed by atoms with E-state index in [0.29, 0.717) is 30.9 Å². The molecule has 1 saturated heterocycles. The molecule has 0 bridgehead atoms. The van der Waals surface area contributed by atoms with Gasteiger partial charge in [-0.3, -0.25) is 4.99 Å². The average Bonchev–Trinajstić information content (AvgIpc) is 2.79. The van der Waals surface area contributed by atoms with Crippen LogP contribution in [0.5, 0.6) is 0 Å². The molecular weight excluding hydrogens is 293 g/mol. The summed E-state index contributed by atoms with van der Waals surface area (Å²) in [6.07, 6.45) is 1.13. The molecule has 2 N–H and O–H groups in total. The van der Waals surface area contributed by atoms with E-state index in [-0.39, 0.29) is 23.4 Å². The summed E-state index contributed by atoms with van der Waals surface area (Å²) >= 11 is 0. The van der Waals surface area contributed by atoms with Crippen LogP contribution in [0.15, 0.2) is 29.3 Å².